The highest BCUT2D eigenvalue weighted by Crippen LogP contribution is 2.49. The van der Waals surface area contributed by atoms with Gasteiger partial charge in [0, 0.05) is 32.3 Å². The third-order valence-corrected chi connectivity index (χ3v) is 9.45. The lowest BCUT2D eigenvalue weighted by Crippen LogP contribution is -2.56. The van der Waals surface area contributed by atoms with E-state index in [9.17, 15) is 4.79 Å². The van der Waals surface area contributed by atoms with E-state index in [0.717, 1.165) is 38.8 Å². The van der Waals surface area contributed by atoms with Crippen LogP contribution in [0, 0.1) is 5.92 Å². The van der Waals surface area contributed by atoms with Gasteiger partial charge in [0.2, 0.25) is 0 Å². The lowest BCUT2D eigenvalue weighted by molar-refractivity contribution is -0.00873. The first-order valence-electron chi connectivity index (χ1n) is 15.6. The van der Waals surface area contributed by atoms with Gasteiger partial charge >= 0.3 is 6.03 Å². The van der Waals surface area contributed by atoms with E-state index in [0.29, 0.717) is 71.9 Å². The van der Waals surface area contributed by atoms with Crippen LogP contribution in [-0.2, 0) is 29.2 Å². The van der Waals surface area contributed by atoms with Crippen LogP contribution in [0.5, 0.6) is 0 Å². The fourth-order valence-electron chi connectivity index (χ4n) is 6.64. The molecular formula is C32H53N3O6. The summed E-state index contributed by atoms with van der Waals surface area (Å²) in [6.07, 6.45) is 7.99. The molecule has 4 rings (SSSR count). The van der Waals surface area contributed by atoms with Gasteiger partial charge in [-0.05, 0) is 64.1 Å². The molecule has 0 radical (unpaired) electrons. The number of ether oxygens (including phenoxy) is 5. The predicted octanol–water partition coefficient (Wildman–Crippen LogP) is 4.01. The number of benzene rings is 1. The molecule has 2 saturated carbocycles. The maximum absolute atomic E-state index is 13.7. The summed E-state index contributed by atoms with van der Waals surface area (Å²) in [4.78, 5) is 20.4. The van der Waals surface area contributed by atoms with Crippen LogP contribution in [-0.4, -0.2) is 127 Å². The summed E-state index contributed by atoms with van der Waals surface area (Å²) in [5.74, 6) is 0.658. The van der Waals surface area contributed by atoms with Crippen molar-refractivity contribution >= 4 is 6.03 Å². The molecule has 2 amide bonds. The summed E-state index contributed by atoms with van der Waals surface area (Å²) in [6.45, 7) is 7.27. The Kier molecular flexibility index (Phi) is 12.7. The van der Waals surface area contributed by atoms with E-state index in [1.54, 1.807) is 7.11 Å². The van der Waals surface area contributed by atoms with E-state index in [4.69, 9.17) is 23.7 Å². The van der Waals surface area contributed by atoms with Crippen molar-refractivity contribution in [2.24, 2.45) is 5.92 Å². The summed E-state index contributed by atoms with van der Waals surface area (Å²) in [7, 11) is 6.07. The molecule has 3 aliphatic rings. The van der Waals surface area contributed by atoms with Gasteiger partial charge in [-0.2, -0.15) is 0 Å². The van der Waals surface area contributed by atoms with Crippen LogP contribution in [0.15, 0.2) is 30.3 Å². The Labute approximate surface area is 247 Å². The second-order valence-electron chi connectivity index (χ2n) is 12.1. The van der Waals surface area contributed by atoms with E-state index in [1.165, 1.54) is 24.8 Å². The number of carbonyl (C=O) groups is 1. The van der Waals surface area contributed by atoms with E-state index in [-0.39, 0.29) is 17.1 Å². The second kappa shape index (κ2) is 16.2. The number of carbonyl (C=O) groups excluding carboxylic acids is 1. The maximum Gasteiger partial charge on any atom is 0.320 e. The second-order valence-corrected chi connectivity index (χ2v) is 12.1. The molecule has 1 aromatic carbocycles. The highest BCUT2D eigenvalue weighted by Gasteiger charge is 2.54. The summed E-state index contributed by atoms with van der Waals surface area (Å²) in [5, 5.41) is 0. The molecule has 232 valence electrons. The lowest BCUT2D eigenvalue weighted by atomic mass is 9.68. The Morgan fingerprint density at radius 3 is 1.88 bits per heavy atom. The molecule has 1 heterocycles. The minimum Gasteiger partial charge on any atom is -0.382 e. The third kappa shape index (κ3) is 8.42. The Bertz CT molecular complexity index is 889. The zero-order chi connectivity index (χ0) is 29.0. The van der Waals surface area contributed by atoms with E-state index >= 15 is 0 Å². The van der Waals surface area contributed by atoms with Gasteiger partial charge < -0.3 is 33.5 Å². The molecule has 9 nitrogen and oxygen atoms in total. The minimum absolute atomic E-state index is 0.0249. The maximum atomic E-state index is 13.7. The SMILES string of the molecule is COCCOCCOCCOCCOCCN1C[C@]2(CC[C@](c3ccccc3)(N(C)C)CC2)N(CC2CCC2)C1=O. The average Bonchev–Trinajstić information content (AvgIpc) is 3.21. The van der Waals surface area contributed by atoms with E-state index in [1.807, 2.05) is 4.90 Å². The first-order valence-corrected chi connectivity index (χ1v) is 15.6. The molecule has 1 spiro atoms. The van der Waals surface area contributed by atoms with Crippen molar-refractivity contribution in [3.8, 4) is 0 Å². The van der Waals surface area contributed by atoms with Gasteiger partial charge in [0.25, 0.3) is 0 Å². The molecule has 3 fully saturated rings. The Morgan fingerprint density at radius 2 is 1.37 bits per heavy atom. The summed E-state index contributed by atoms with van der Waals surface area (Å²) < 4.78 is 27.3. The molecule has 1 aromatic rings. The smallest absolute Gasteiger partial charge is 0.320 e. The van der Waals surface area contributed by atoms with Crippen molar-refractivity contribution in [1.29, 1.82) is 0 Å². The van der Waals surface area contributed by atoms with Gasteiger partial charge in [-0.15, -0.1) is 0 Å². The van der Waals surface area contributed by atoms with Crippen molar-refractivity contribution in [2.75, 3.05) is 100 Å². The number of hydrogen-bond donors (Lipinski definition) is 0. The number of amides is 2. The van der Waals surface area contributed by atoms with Gasteiger partial charge in [0.15, 0.2) is 0 Å². The van der Waals surface area contributed by atoms with Crippen LogP contribution >= 0.6 is 0 Å². The number of hydrogen-bond acceptors (Lipinski definition) is 7. The standard InChI is InChI=1S/C32H53N3O6/c1-33(2)32(29-10-5-4-6-11-29)14-12-31(13-15-32)27-34(30(36)35(31)26-28-8-7-9-28)16-17-38-20-21-40-24-25-41-23-22-39-19-18-37-3/h4-6,10-11,28H,7-9,12-27H2,1-3H3/t31-,32+. The Balaban J connectivity index is 1.20. The van der Waals surface area contributed by atoms with Gasteiger partial charge in [-0.3, -0.25) is 4.90 Å². The Morgan fingerprint density at radius 1 is 0.805 bits per heavy atom. The third-order valence-electron chi connectivity index (χ3n) is 9.45. The highest BCUT2D eigenvalue weighted by atomic mass is 16.6. The van der Waals surface area contributed by atoms with E-state index < -0.39 is 0 Å². The van der Waals surface area contributed by atoms with Crippen LogP contribution in [0.3, 0.4) is 0 Å². The van der Waals surface area contributed by atoms with Crippen LogP contribution in [0.1, 0.15) is 50.5 Å². The molecule has 1 aliphatic heterocycles. The molecule has 41 heavy (non-hydrogen) atoms. The topological polar surface area (TPSA) is 72.9 Å². The number of nitrogens with zero attached hydrogens (tertiary/aromatic N) is 3. The van der Waals surface area contributed by atoms with Crippen molar-refractivity contribution in [3.63, 3.8) is 0 Å². The monoisotopic (exact) mass is 575 g/mol. The van der Waals surface area contributed by atoms with Crippen molar-refractivity contribution < 1.29 is 28.5 Å². The van der Waals surface area contributed by atoms with Crippen molar-refractivity contribution in [3.05, 3.63) is 35.9 Å². The lowest BCUT2D eigenvalue weighted by Gasteiger charge is -2.51. The van der Waals surface area contributed by atoms with Crippen LogP contribution in [0.4, 0.5) is 4.79 Å². The molecule has 0 atom stereocenters. The molecule has 0 bridgehead atoms. The quantitative estimate of drug-likeness (QED) is 0.231. The van der Waals surface area contributed by atoms with Crippen LogP contribution in [0.25, 0.3) is 0 Å². The number of rotatable bonds is 19. The molecular weight excluding hydrogens is 522 g/mol. The fraction of sp³-hybridized carbons (Fsp3) is 0.781. The molecule has 0 aromatic heterocycles. The Hall–Kier alpha value is -1.75. The molecule has 1 saturated heterocycles. The van der Waals surface area contributed by atoms with Crippen molar-refractivity contribution in [2.45, 2.75) is 56.0 Å². The van der Waals surface area contributed by atoms with Gasteiger partial charge in [0.05, 0.1) is 65.0 Å². The molecule has 9 heteroatoms. The summed E-state index contributed by atoms with van der Waals surface area (Å²) >= 11 is 0. The van der Waals surface area contributed by atoms with Gasteiger partial charge in [-0.25, -0.2) is 4.79 Å². The first kappa shape index (κ1) is 32.2. The van der Waals surface area contributed by atoms with Gasteiger partial charge in [-0.1, -0.05) is 36.8 Å². The average molecular weight is 576 g/mol. The fourth-order valence-corrected chi connectivity index (χ4v) is 6.64. The largest absolute Gasteiger partial charge is 0.382 e. The van der Waals surface area contributed by atoms with Crippen molar-refractivity contribution in [1.82, 2.24) is 14.7 Å². The molecule has 0 N–H and O–H groups in total. The van der Waals surface area contributed by atoms with Crippen LogP contribution < -0.4 is 0 Å². The zero-order valence-electron chi connectivity index (χ0n) is 25.7. The molecule has 2 aliphatic carbocycles. The summed E-state index contributed by atoms with van der Waals surface area (Å²) in [6, 6.07) is 11.1. The minimum atomic E-state index is -0.0705. The van der Waals surface area contributed by atoms with Crippen LogP contribution in [0.2, 0.25) is 0 Å². The highest BCUT2D eigenvalue weighted by molar-refractivity contribution is 5.78. The zero-order valence-corrected chi connectivity index (χ0v) is 25.7. The summed E-state index contributed by atoms with van der Waals surface area (Å²) in [5.41, 5.74) is 1.34. The first-order chi connectivity index (χ1) is 20.0. The molecule has 0 unspecified atom stereocenters. The number of methoxy groups -OCH3 is 1. The van der Waals surface area contributed by atoms with Gasteiger partial charge in [0.1, 0.15) is 0 Å². The van der Waals surface area contributed by atoms with E-state index in [2.05, 4.69) is 54.2 Å². The predicted molar refractivity (Wildman–Crippen MR) is 159 cm³/mol. The number of urea groups is 1. The normalized spacial score (nSPS) is 25.0.